The summed E-state index contributed by atoms with van der Waals surface area (Å²) in [4.78, 5) is 14.9. The van der Waals surface area contributed by atoms with Gasteiger partial charge >= 0.3 is 0 Å². The van der Waals surface area contributed by atoms with Gasteiger partial charge in [0.15, 0.2) is 0 Å². The summed E-state index contributed by atoms with van der Waals surface area (Å²) in [5.74, 6) is 0.0675. The van der Waals surface area contributed by atoms with Gasteiger partial charge in [-0.1, -0.05) is 24.3 Å². The monoisotopic (exact) mass is 282 g/mol. The molecule has 3 nitrogen and oxygen atoms in total. The molecule has 3 rings (SSSR count). The van der Waals surface area contributed by atoms with Crippen molar-refractivity contribution in [1.82, 2.24) is 4.90 Å². The SMILES string of the molecule is C[C@@H]1CCC[C@H](C)N1C(=O)c1cc2ccccc2cc1N. The lowest BCUT2D eigenvalue weighted by atomic mass is 9.95. The normalized spacial score (nSPS) is 22.5. The highest BCUT2D eigenvalue weighted by atomic mass is 16.2. The number of likely N-dealkylation sites (tertiary alicyclic amines) is 1. The van der Waals surface area contributed by atoms with E-state index in [1.54, 1.807) is 0 Å². The minimum absolute atomic E-state index is 0.0675. The van der Waals surface area contributed by atoms with Crippen molar-refractivity contribution in [2.75, 3.05) is 5.73 Å². The Kier molecular flexibility index (Phi) is 3.58. The van der Waals surface area contributed by atoms with Crippen LogP contribution in [0, 0.1) is 0 Å². The van der Waals surface area contributed by atoms with Crippen LogP contribution in [0.25, 0.3) is 10.8 Å². The van der Waals surface area contributed by atoms with Crippen molar-refractivity contribution in [2.45, 2.75) is 45.2 Å². The summed E-state index contributed by atoms with van der Waals surface area (Å²) >= 11 is 0. The van der Waals surface area contributed by atoms with Gasteiger partial charge < -0.3 is 10.6 Å². The maximum Gasteiger partial charge on any atom is 0.256 e. The Labute approximate surface area is 125 Å². The molecule has 0 aromatic heterocycles. The predicted octanol–water partition coefficient (Wildman–Crippen LogP) is 3.83. The van der Waals surface area contributed by atoms with Crippen molar-refractivity contribution < 1.29 is 4.79 Å². The first kappa shape index (κ1) is 13.9. The van der Waals surface area contributed by atoms with E-state index in [9.17, 15) is 4.79 Å². The van der Waals surface area contributed by atoms with Crippen LogP contribution in [0.4, 0.5) is 5.69 Å². The minimum atomic E-state index is 0.0675. The lowest BCUT2D eigenvalue weighted by molar-refractivity contribution is 0.0512. The number of benzene rings is 2. The second-order valence-corrected chi connectivity index (χ2v) is 6.13. The van der Waals surface area contributed by atoms with Gasteiger partial charge in [0, 0.05) is 17.8 Å². The van der Waals surface area contributed by atoms with Crippen molar-refractivity contribution in [3.63, 3.8) is 0 Å². The molecule has 0 saturated carbocycles. The maximum absolute atomic E-state index is 12.9. The lowest BCUT2D eigenvalue weighted by Crippen LogP contribution is -2.47. The Balaban J connectivity index is 2.02. The van der Waals surface area contributed by atoms with Gasteiger partial charge in [0.2, 0.25) is 0 Å². The molecule has 110 valence electrons. The number of nitrogens with two attached hydrogens (primary N) is 1. The number of carbonyl (C=O) groups is 1. The number of anilines is 1. The number of piperidine rings is 1. The number of hydrogen-bond donors (Lipinski definition) is 1. The fraction of sp³-hybridized carbons (Fsp3) is 0.389. The van der Waals surface area contributed by atoms with Gasteiger partial charge in [-0.25, -0.2) is 0 Å². The van der Waals surface area contributed by atoms with E-state index < -0.39 is 0 Å². The highest BCUT2D eigenvalue weighted by Crippen LogP contribution is 2.28. The quantitative estimate of drug-likeness (QED) is 0.808. The highest BCUT2D eigenvalue weighted by molar-refractivity contribution is 6.04. The molecule has 1 heterocycles. The number of carbonyl (C=O) groups excluding carboxylic acids is 1. The number of hydrogen-bond acceptors (Lipinski definition) is 2. The van der Waals surface area contributed by atoms with Gasteiger partial charge in [-0.05, 0) is 56.0 Å². The first-order valence-corrected chi connectivity index (χ1v) is 7.69. The standard InChI is InChI=1S/C18H22N2O/c1-12-6-5-7-13(2)20(12)18(21)16-10-14-8-3-4-9-15(14)11-17(16)19/h3-4,8-13H,5-7,19H2,1-2H3/t12-,13+. The fourth-order valence-electron chi connectivity index (χ4n) is 3.40. The molecule has 0 radical (unpaired) electrons. The molecular formula is C18H22N2O. The molecule has 2 aromatic carbocycles. The third kappa shape index (κ3) is 2.48. The first-order chi connectivity index (χ1) is 10.1. The van der Waals surface area contributed by atoms with Gasteiger partial charge in [0.05, 0.1) is 5.56 Å². The Morgan fingerprint density at radius 3 is 2.29 bits per heavy atom. The van der Waals surface area contributed by atoms with Crippen molar-refractivity contribution in [1.29, 1.82) is 0 Å². The molecule has 0 aliphatic carbocycles. The zero-order chi connectivity index (χ0) is 15.0. The van der Waals surface area contributed by atoms with Crippen LogP contribution < -0.4 is 5.73 Å². The van der Waals surface area contributed by atoms with Crippen LogP contribution in [-0.2, 0) is 0 Å². The molecule has 2 N–H and O–H groups in total. The molecule has 1 fully saturated rings. The second-order valence-electron chi connectivity index (χ2n) is 6.13. The van der Waals surface area contributed by atoms with Gasteiger partial charge in [-0.3, -0.25) is 4.79 Å². The number of nitrogen functional groups attached to an aromatic ring is 1. The van der Waals surface area contributed by atoms with Crippen LogP contribution >= 0.6 is 0 Å². The molecule has 2 aromatic rings. The van der Waals surface area contributed by atoms with Crippen molar-refractivity contribution >= 4 is 22.4 Å². The van der Waals surface area contributed by atoms with Gasteiger partial charge in [-0.15, -0.1) is 0 Å². The van der Waals surface area contributed by atoms with Crippen LogP contribution in [0.2, 0.25) is 0 Å². The molecule has 21 heavy (non-hydrogen) atoms. The average molecular weight is 282 g/mol. The largest absolute Gasteiger partial charge is 0.398 e. The molecule has 1 aliphatic heterocycles. The summed E-state index contributed by atoms with van der Waals surface area (Å²) < 4.78 is 0. The van der Waals surface area contributed by atoms with E-state index in [0.29, 0.717) is 11.3 Å². The zero-order valence-electron chi connectivity index (χ0n) is 12.7. The van der Waals surface area contributed by atoms with E-state index in [1.165, 1.54) is 6.42 Å². The predicted molar refractivity (Wildman–Crippen MR) is 87.3 cm³/mol. The second kappa shape index (κ2) is 5.40. The summed E-state index contributed by atoms with van der Waals surface area (Å²) in [7, 11) is 0. The number of amides is 1. The van der Waals surface area contributed by atoms with Crippen LogP contribution in [0.3, 0.4) is 0 Å². The summed E-state index contributed by atoms with van der Waals surface area (Å²) in [6, 6.07) is 12.4. The maximum atomic E-state index is 12.9. The Morgan fingerprint density at radius 1 is 1.10 bits per heavy atom. The van der Waals surface area contributed by atoms with Gasteiger partial charge in [0.1, 0.15) is 0 Å². The highest BCUT2D eigenvalue weighted by Gasteiger charge is 2.30. The Hall–Kier alpha value is -2.03. The Morgan fingerprint density at radius 2 is 1.67 bits per heavy atom. The fourth-order valence-corrected chi connectivity index (χ4v) is 3.40. The van der Waals surface area contributed by atoms with Gasteiger partial charge in [0.25, 0.3) is 5.91 Å². The molecule has 0 spiro atoms. The molecular weight excluding hydrogens is 260 g/mol. The van der Waals surface area contributed by atoms with Gasteiger partial charge in [-0.2, -0.15) is 0 Å². The number of nitrogens with zero attached hydrogens (tertiary/aromatic N) is 1. The molecule has 1 amide bonds. The van der Waals surface area contributed by atoms with E-state index in [0.717, 1.165) is 23.6 Å². The summed E-state index contributed by atoms with van der Waals surface area (Å²) in [6.45, 7) is 4.26. The third-order valence-corrected chi connectivity index (χ3v) is 4.58. The van der Waals surface area contributed by atoms with E-state index >= 15 is 0 Å². The third-order valence-electron chi connectivity index (χ3n) is 4.58. The van der Waals surface area contributed by atoms with Crippen molar-refractivity contribution in [3.05, 3.63) is 42.0 Å². The summed E-state index contributed by atoms with van der Waals surface area (Å²) in [5, 5.41) is 2.14. The van der Waals surface area contributed by atoms with E-state index in [1.807, 2.05) is 41.3 Å². The van der Waals surface area contributed by atoms with Crippen LogP contribution in [0.1, 0.15) is 43.5 Å². The average Bonchev–Trinajstić information content (AvgIpc) is 2.46. The van der Waals surface area contributed by atoms with Crippen molar-refractivity contribution in [2.24, 2.45) is 0 Å². The van der Waals surface area contributed by atoms with Crippen molar-refractivity contribution in [3.8, 4) is 0 Å². The first-order valence-electron chi connectivity index (χ1n) is 7.69. The molecule has 1 saturated heterocycles. The summed E-state index contributed by atoms with van der Waals surface area (Å²) in [6.07, 6.45) is 3.34. The van der Waals surface area contributed by atoms with E-state index in [-0.39, 0.29) is 18.0 Å². The molecule has 0 bridgehead atoms. The smallest absolute Gasteiger partial charge is 0.256 e. The van der Waals surface area contributed by atoms with E-state index in [2.05, 4.69) is 13.8 Å². The molecule has 2 atom stereocenters. The van der Waals surface area contributed by atoms with Crippen LogP contribution in [-0.4, -0.2) is 22.9 Å². The number of fused-ring (bicyclic) bond motifs is 1. The minimum Gasteiger partial charge on any atom is -0.398 e. The zero-order valence-corrected chi connectivity index (χ0v) is 12.7. The summed E-state index contributed by atoms with van der Waals surface area (Å²) in [5.41, 5.74) is 7.34. The van der Waals surface area contributed by atoms with Crippen LogP contribution in [0.15, 0.2) is 36.4 Å². The number of rotatable bonds is 1. The van der Waals surface area contributed by atoms with E-state index in [4.69, 9.17) is 5.73 Å². The topological polar surface area (TPSA) is 46.3 Å². The van der Waals surface area contributed by atoms with Crippen LogP contribution in [0.5, 0.6) is 0 Å². The lowest BCUT2D eigenvalue weighted by Gasteiger charge is -2.39. The Bertz CT molecular complexity index is 670. The molecule has 0 unspecified atom stereocenters. The molecule has 1 aliphatic rings. The molecule has 3 heteroatoms.